The number of benzene rings is 1. The number of rotatable bonds is 7. The average molecular weight is 495 g/mol. The maximum absolute atomic E-state index is 12.3. The lowest BCUT2D eigenvalue weighted by Gasteiger charge is -2.33. The first kappa shape index (κ1) is 29.7. The lowest BCUT2D eigenvalue weighted by Crippen LogP contribution is -2.42. The van der Waals surface area contributed by atoms with E-state index >= 15 is 0 Å². The second-order valence-electron chi connectivity index (χ2n) is 9.07. The highest BCUT2D eigenvalue weighted by Gasteiger charge is 2.27. The fourth-order valence-electron chi connectivity index (χ4n) is 3.66. The van der Waals surface area contributed by atoms with Crippen LogP contribution < -0.4 is 4.74 Å². The molecule has 0 saturated carbocycles. The van der Waals surface area contributed by atoms with Crippen molar-refractivity contribution in [3.05, 3.63) is 42.1 Å². The van der Waals surface area contributed by atoms with Gasteiger partial charge in [-0.05, 0) is 69.5 Å². The van der Waals surface area contributed by atoms with Crippen LogP contribution in [0.2, 0.25) is 0 Å². The van der Waals surface area contributed by atoms with Crippen molar-refractivity contribution in [1.29, 1.82) is 0 Å². The molecule has 1 aliphatic heterocycles. The van der Waals surface area contributed by atoms with Gasteiger partial charge in [0.2, 0.25) is 0 Å². The first-order valence-corrected chi connectivity index (χ1v) is 12.2. The van der Waals surface area contributed by atoms with E-state index in [0.717, 1.165) is 40.3 Å². The molecule has 3 rings (SSSR count). The van der Waals surface area contributed by atoms with Crippen molar-refractivity contribution in [2.75, 3.05) is 33.1 Å². The SMILES string of the molecule is COCc1cc(-c2ccc(SC)nc2)ccc1OCC1CCN(C(=O)OC(C)(C)C)CC1.O.O. The Bertz CT molecular complexity index is 893. The third kappa shape index (κ3) is 8.47. The summed E-state index contributed by atoms with van der Waals surface area (Å²) < 4.78 is 17.1. The summed E-state index contributed by atoms with van der Waals surface area (Å²) in [5.41, 5.74) is 2.72. The average Bonchev–Trinajstić information content (AvgIpc) is 2.77. The van der Waals surface area contributed by atoms with Gasteiger partial charge in [-0.1, -0.05) is 12.1 Å². The van der Waals surface area contributed by atoms with Crippen LogP contribution in [0.5, 0.6) is 5.75 Å². The zero-order valence-electron chi connectivity index (χ0n) is 20.7. The Labute approximate surface area is 206 Å². The predicted octanol–water partition coefficient (Wildman–Crippen LogP) is 3.99. The normalized spacial score (nSPS) is 14.1. The van der Waals surface area contributed by atoms with Crippen LogP contribution in [0.4, 0.5) is 4.79 Å². The monoisotopic (exact) mass is 494 g/mol. The molecule has 1 aromatic heterocycles. The Kier molecular flexibility index (Phi) is 11.8. The van der Waals surface area contributed by atoms with Crippen molar-refractivity contribution in [2.24, 2.45) is 5.92 Å². The quantitative estimate of drug-likeness (QED) is 0.536. The van der Waals surface area contributed by atoms with Crippen molar-refractivity contribution in [1.82, 2.24) is 9.88 Å². The van der Waals surface area contributed by atoms with Crippen LogP contribution in [0.1, 0.15) is 39.2 Å². The molecule has 1 saturated heterocycles. The number of nitrogens with zero attached hydrogens (tertiary/aromatic N) is 2. The van der Waals surface area contributed by atoms with Crippen LogP contribution in [-0.2, 0) is 16.1 Å². The number of likely N-dealkylation sites (tertiary alicyclic amines) is 1. The lowest BCUT2D eigenvalue weighted by atomic mass is 9.98. The number of piperidine rings is 1. The second-order valence-corrected chi connectivity index (χ2v) is 9.89. The minimum absolute atomic E-state index is 0. The van der Waals surface area contributed by atoms with Gasteiger partial charge in [-0.3, -0.25) is 0 Å². The van der Waals surface area contributed by atoms with Gasteiger partial charge >= 0.3 is 6.09 Å². The van der Waals surface area contributed by atoms with E-state index in [1.54, 1.807) is 23.8 Å². The second kappa shape index (κ2) is 13.5. The third-order valence-corrected chi connectivity index (χ3v) is 6.04. The summed E-state index contributed by atoms with van der Waals surface area (Å²) in [5, 5.41) is 1.00. The van der Waals surface area contributed by atoms with E-state index in [4.69, 9.17) is 14.2 Å². The van der Waals surface area contributed by atoms with Crippen LogP contribution in [0, 0.1) is 5.92 Å². The zero-order valence-corrected chi connectivity index (χ0v) is 21.5. The first-order valence-electron chi connectivity index (χ1n) is 11.0. The first-order chi connectivity index (χ1) is 15.3. The van der Waals surface area contributed by atoms with Gasteiger partial charge in [-0.25, -0.2) is 9.78 Å². The summed E-state index contributed by atoms with van der Waals surface area (Å²) in [4.78, 5) is 18.5. The van der Waals surface area contributed by atoms with Gasteiger partial charge in [0.15, 0.2) is 0 Å². The number of hydrogen-bond donors (Lipinski definition) is 0. The standard InChI is InChI=1S/C25H34N2O4S.2H2O/c1-25(2,3)31-24(28)27-12-10-18(11-13-27)16-30-22-8-6-19(14-21(22)17-29-4)20-7-9-23(32-5)26-15-20;;/h6-9,14-15,18H,10-13,16-17H2,1-5H3;2*1H2. The Morgan fingerprint density at radius 3 is 2.35 bits per heavy atom. The molecule has 1 aliphatic rings. The minimum atomic E-state index is -0.464. The number of thioether (sulfide) groups is 1. The molecule has 0 atom stereocenters. The minimum Gasteiger partial charge on any atom is -0.493 e. The maximum Gasteiger partial charge on any atom is 0.410 e. The zero-order chi connectivity index (χ0) is 23.1. The molecule has 0 unspecified atom stereocenters. The number of hydrogen-bond acceptors (Lipinski definition) is 6. The molecule has 4 N–H and O–H groups in total. The number of amides is 1. The molecule has 0 aliphatic carbocycles. The molecule has 2 aromatic rings. The van der Waals surface area contributed by atoms with Gasteiger partial charge in [0, 0.05) is 37.5 Å². The molecule has 0 bridgehead atoms. The molecule has 34 heavy (non-hydrogen) atoms. The Balaban J connectivity index is 0.00000289. The molecule has 190 valence electrons. The fraction of sp³-hybridized carbons (Fsp3) is 0.520. The molecular formula is C25H38N2O6S. The molecule has 9 heteroatoms. The van der Waals surface area contributed by atoms with E-state index in [9.17, 15) is 4.79 Å². The molecule has 0 radical (unpaired) electrons. The number of carbonyl (C=O) groups excluding carboxylic acids is 1. The van der Waals surface area contributed by atoms with Crippen LogP contribution in [0.3, 0.4) is 0 Å². The van der Waals surface area contributed by atoms with Gasteiger partial charge < -0.3 is 30.1 Å². The Morgan fingerprint density at radius 2 is 1.79 bits per heavy atom. The summed E-state index contributed by atoms with van der Waals surface area (Å²) in [6, 6.07) is 10.3. The van der Waals surface area contributed by atoms with Gasteiger partial charge in [0.25, 0.3) is 0 Å². The largest absolute Gasteiger partial charge is 0.493 e. The van der Waals surface area contributed by atoms with Crippen molar-refractivity contribution < 1.29 is 30.0 Å². The van der Waals surface area contributed by atoms with Gasteiger partial charge in [-0.2, -0.15) is 0 Å². The summed E-state index contributed by atoms with van der Waals surface area (Å²) in [5.74, 6) is 1.26. The summed E-state index contributed by atoms with van der Waals surface area (Å²) >= 11 is 1.63. The molecule has 1 amide bonds. The van der Waals surface area contributed by atoms with E-state index in [0.29, 0.717) is 32.2 Å². The van der Waals surface area contributed by atoms with Crippen LogP contribution in [0.25, 0.3) is 11.1 Å². The molecule has 1 fully saturated rings. The van der Waals surface area contributed by atoms with Crippen molar-refractivity contribution >= 4 is 17.9 Å². The van der Waals surface area contributed by atoms with Crippen LogP contribution in [0.15, 0.2) is 41.6 Å². The molecule has 8 nitrogen and oxygen atoms in total. The maximum atomic E-state index is 12.3. The Hall–Kier alpha value is -2.33. The summed E-state index contributed by atoms with van der Waals surface area (Å²) in [7, 11) is 1.69. The van der Waals surface area contributed by atoms with E-state index in [2.05, 4.69) is 23.2 Å². The number of pyridine rings is 1. The van der Waals surface area contributed by atoms with E-state index < -0.39 is 5.60 Å². The molecule has 2 heterocycles. The number of ether oxygens (including phenoxy) is 3. The van der Waals surface area contributed by atoms with Crippen LogP contribution in [-0.4, -0.2) is 65.6 Å². The number of aromatic nitrogens is 1. The summed E-state index contributed by atoms with van der Waals surface area (Å²) in [6.45, 7) is 8.19. The summed E-state index contributed by atoms with van der Waals surface area (Å²) in [6.07, 6.45) is 5.51. The molecular weight excluding hydrogens is 456 g/mol. The fourth-order valence-corrected chi connectivity index (χ4v) is 4.02. The highest BCUT2D eigenvalue weighted by atomic mass is 32.2. The van der Waals surface area contributed by atoms with Crippen molar-refractivity contribution in [3.63, 3.8) is 0 Å². The van der Waals surface area contributed by atoms with E-state index in [1.807, 2.05) is 45.4 Å². The number of methoxy groups -OCH3 is 1. The van der Waals surface area contributed by atoms with E-state index in [1.165, 1.54) is 0 Å². The van der Waals surface area contributed by atoms with E-state index in [-0.39, 0.29) is 17.0 Å². The lowest BCUT2D eigenvalue weighted by molar-refractivity contribution is 0.0164. The third-order valence-electron chi connectivity index (χ3n) is 5.38. The highest BCUT2D eigenvalue weighted by molar-refractivity contribution is 7.98. The Morgan fingerprint density at radius 1 is 1.12 bits per heavy atom. The predicted molar refractivity (Wildman–Crippen MR) is 135 cm³/mol. The van der Waals surface area contributed by atoms with Crippen molar-refractivity contribution in [2.45, 2.75) is 50.8 Å². The van der Waals surface area contributed by atoms with Gasteiger partial charge in [-0.15, -0.1) is 11.8 Å². The van der Waals surface area contributed by atoms with Crippen molar-refractivity contribution in [3.8, 4) is 16.9 Å². The topological polar surface area (TPSA) is 124 Å². The van der Waals surface area contributed by atoms with Crippen LogP contribution >= 0.6 is 11.8 Å². The van der Waals surface area contributed by atoms with Gasteiger partial charge in [0.05, 0.1) is 18.2 Å². The number of carbonyl (C=O) groups is 1. The molecule has 1 aromatic carbocycles. The highest BCUT2D eigenvalue weighted by Crippen LogP contribution is 2.29. The molecule has 0 spiro atoms. The smallest absolute Gasteiger partial charge is 0.410 e. The van der Waals surface area contributed by atoms with Gasteiger partial charge in [0.1, 0.15) is 11.4 Å².